The molecule has 3 rings (SSSR count). The van der Waals surface area contributed by atoms with Crippen LogP contribution in [0, 0.1) is 5.92 Å². The van der Waals surface area contributed by atoms with Crippen LogP contribution < -0.4 is 5.32 Å². The summed E-state index contributed by atoms with van der Waals surface area (Å²) in [6.45, 7) is 3.59. The van der Waals surface area contributed by atoms with Gasteiger partial charge in [-0.2, -0.15) is 0 Å². The van der Waals surface area contributed by atoms with Crippen LogP contribution in [0.5, 0.6) is 0 Å². The summed E-state index contributed by atoms with van der Waals surface area (Å²) >= 11 is 12.0. The number of hydrogen-bond donors (Lipinski definition) is 1. The van der Waals surface area contributed by atoms with Crippen LogP contribution in [0.15, 0.2) is 42.6 Å². The Morgan fingerprint density at radius 3 is 2.67 bits per heavy atom. The molecule has 1 amide bonds. The number of carbonyl (C=O) groups is 1. The molecule has 1 aliphatic rings. The van der Waals surface area contributed by atoms with Gasteiger partial charge in [0.2, 0.25) is 0 Å². The van der Waals surface area contributed by atoms with Crippen LogP contribution in [0.4, 0.5) is 0 Å². The van der Waals surface area contributed by atoms with E-state index in [1.807, 2.05) is 23.2 Å². The molecule has 144 valence electrons. The molecule has 1 N–H and O–H groups in total. The number of aryl methyl sites for hydroxylation is 1. The number of nitrogens with one attached hydrogen (secondary N) is 1. The average Bonchev–Trinajstić information content (AvgIpc) is 2.70. The lowest BCUT2D eigenvalue weighted by Crippen LogP contribution is -2.40. The van der Waals surface area contributed by atoms with Crippen LogP contribution in [-0.4, -0.2) is 42.0 Å². The maximum Gasteiger partial charge on any atom is 0.253 e. The summed E-state index contributed by atoms with van der Waals surface area (Å²) in [7, 11) is 0. The molecule has 0 radical (unpaired) electrons. The van der Waals surface area contributed by atoms with Gasteiger partial charge in [0.05, 0.1) is 10.0 Å². The zero-order valence-corrected chi connectivity index (χ0v) is 16.8. The van der Waals surface area contributed by atoms with Crippen LogP contribution in [0.3, 0.4) is 0 Å². The molecule has 27 heavy (non-hydrogen) atoms. The Labute approximate surface area is 170 Å². The molecule has 2 aromatic rings. The van der Waals surface area contributed by atoms with Gasteiger partial charge in [-0.15, -0.1) is 0 Å². The van der Waals surface area contributed by atoms with Crippen LogP contribution in [0.25, 0.3) is 0 Å². The fourth-order valence-electron chi connectivity index (χ4n) is 3.40. The van der Waals surface area contributed by atoms with Crippen molar-refractivity contribution in [2.75, 3.05) is 26.2 Å². The molecule has 1 aromatic carbocycles. The van der Waals surface area contributed by atoms with E-state index in [1.54, 1.807) is 18.2 Å². The second-order valence-electron chi connectivity index (χ2n) is 6.99. The van der Waals surface area contributed by atoms with E-state index < -0.39 is 0 Å². The molecule has 0 spiro atoms. The second kappa shape index (κ2) is 10.1. The number of aromatic nitrogens is 1. The lowest BCUT2D eigenvalue weighted by atomic mass is 9.96. The smallest absolute Gasteiger partial charge is 0.253 e. The minimum atomic E-state index is 0.0373. The average molecular weight is 406 g/mol. The number of amides is 1. The molecule has 1 aromatic heterocycles. The maximum atomic E-state index is 12.6. The number of likely N-dealkylation sites (tertiary alicyclic amines) is 1. The quantitative estimate of drug-likeness (QED) is 0.691. The largest absolute Gasteiger partial charge is 0.339 e. The van der Waals surface area contributed by atoms with Crippen LogP contribution in [0.2, 0.25) is 10.0 Å². The first kappa shape index (κ1) is 20.1. The van der Waals surface area contributed by atoms with E-state index in [2.05, 4.69) is 16.4 Å². The van der Waals surface area contributed by atoms with Crippen molar-refractivity contribution in [2.45, 2.75) is 25.7 Å². The summed E-state index contributed by atoms with van der Waals surface area (Å²) in [5.74, 6) is 0.660. The molecule has 2 heterocycles. The highest BCUT2D eigenvalue weighted by molar-refractivity contribution is 6.42. The Morgan fingerprint density at radius 1 is 1.15 bits per heavy atom. The minimum absolute atomic E-state index is 0.0373. The third-order valence-corrected chi connectivity index (χ3v) is 5.75. The summed E-state index contributed by atoms with van der Waals surface area (Å²) < 4.78 is 0. The second-order valence-corrected chi connectivity index (χ2v) is 7.81. The molecule has 1 aliphatic heterocycles. The molecular weight excluding hydrogens is 381 g/mol. The highest BCUT2D eigenvalue weighted by Crippen LogP contribution is 2.24. The van der Waals surface area contributed by atoms with Crippen LogP contribution in [-0.2, 0) is 6.42 Å². The van der Waals surface area contributed by atoms with E-state index in [0.717, 1.165) is 57.6 Å². The zero-order valence-electron chi connectivity index (χ0n) is 15.3. The van der Waals surface area contributed by atoms with Gasteiger partial charge in [0.15, 0.2) is 0 Å². The Morgan fingerprint density at radius 2 is 1.96 bits per heavy atom. The topological polar surface area (TPSA) is 45.2 Å². The summed E-state index contributed by atoms with van der Waals surface area (Å²) in [4.78, 5) is 18.9. The lowest BCUT2D eigenvalue weighted by Gasteiger charge is -2.32. The molecule has 4 nitrogen and oxygen atoms in total. The molecule has 1 fully saturated rings. The van der Waals surface area contributed by atoms with Crippen molar-refractivity contribution >= 4 is 29.1 Å². The van der Waals surface area contributed by atoms with Gasteiger partial charge in [-0.3, -0.25) is 9.78 Å². The first-order valence-electron chi connectivity index (χ1n) is 9.48. The van der Waals surface area contributed by atoms with Gasteiger partial charge in [-0.25, -0.2) is 0 Å². The lowest BCUT2D eigenvalue weighted by molar-refractivity contribution is 0.0690. The molecule has 1 saturated heterocycles. The number of pyridine rings is 1. The molecule has 0 bridgehead atoms. The summed E-state index contributed by atoms with van der Waals surface area (Å²) in [6.07, 6.45) is 5.99. The molecule has 0 saturated carbocycles. The van der Waals surface area contributed by atoms with Gasteiger partial charge >= 0.3 is 0 Å². The molecule has 6 heteroatoms. The molecular formula is C21H25Cl2N3O. The zero-order chi connectivity index (χ0) is 19.1. The molecule has 0 aliphatic carbocycles. The van der Waals surface area contributed by atoms with Gasteiger partial charge in [-0.05, 0) is 75.0 Å². The van der Waals surface area contributed by atoms with Crippen molar-refractivity contribution in [3.05, 3.63) is 63.9 Å². The van der Waals surface area contributed by atoms with Gasteiger partial charge in [0.25, 0.3) is 5.91 Å². The van der Waals surface area contributed by atoms with Gasteiger partial charge in [-0.1, -0.05) is 29.3 Å². The van der Waals surface area contributed by atoms with E-state index >= 15 is 0 Å². The number of benzene rings is 1. The third-order valence-electron chi connectivity index (χ3n) is 5.01. The predicted molar refractivity (Wildman–Crippen MR) is 111 cm³/mol. The van der Waals surface area contributed by atoms with E-state index in [1.165, 1.54) is 0 Å². The van der Waals surface area contributed by atoms with E-state index in [-0.39, 0.29) is 5.91 Å². The van der Waals surface area contributed by atoms with Crippen molar-refractivity contribution < 1.29 is 4.79 Å². The molecule has 0 unspecified atom stereocenters. The number of rotatable bonds is 7. The van der Waals surface area contributed by atoms with E-state index in [0.29, 0.717) is 21.5 Å². The summed E-state index contributed by atoms with van der Waals surface area (Å²) in [5.41, 5.74) is 1.75. The van der Waals surface area contributed by atoms with Gasteiger partial charge in [0, 0.05) is 30.5 Å². The fraction of sp³-hybridized carbons (Fsp3) is 0.429. The SMILES string of the molecule is O=C(c1ccc(Cl)c(Cl)c1)N1CCC(CNCCCc2ccccn2)CC1. The highest BCUT2D eigenvalue weighted by Gasteiger charge is 2.23. The number of halogens is 2. The van der Waals surface area contributed by atoms with Crippen LogP contribution >= 0.6 is 23.2 Å². The maximum absolute atomic E-state index is 12.6. The van der Waals surface area contributed by atoms with Crippen molar-refractivity contribution in [3.63, 3.8) is 0 Å². The number of hydrogen-bond acceptors (Lipinski definition) is 3. The predicted octanol–water partition coefficient (Wildman–Crippen LogP) is 4.46. The fourth-order valence-corrected chi connectivity index (χ4v) is 3.70. The summed E-state index contributed by atoms with van der Waals surface area (Å²) in [5, 5.41) is 4.45. The first-order chi connectivity index (χ1) is 13.1. The highest BCUT2D eigenvalue weighted by atomic mass is 35.5. The Kier molecular flexibility index (Phi) is 7.50. The number of piperidine rings is 1. The van der Waals surface area contributed by atoms with Crippen molar-refractivity contribution in [2.24, 2.45) is 5.92 Å². The van der Waals surface area contributed by atoms with E-state index in [9.17, 15) is 4.79 Å². The van der Waals surface area contributed by atoms with E-state index in [4.69, 9.17) is 23.2 Å². The standard InChI is InChI=1S/C21H25Cl2N3O/c22-19-7-6-17(14-20(19)23)21(27)26-12-8-16(9-13-26)15-24-10-3-5-18-4-1-2-11-25-18/h1-2,4,6-7,11,14,16,24H,3,5,8-10,12-13,15H2. The van der Waals surface area contributed by atoms with Gasteiger partial charge < -0.3 is 10.2 Å². The first-order valence-corrected chi connectivity index (χ1v) is 10.2. The van der Waals surface area contributed by atoms with Crippen LogP contribution in [0.1, 0.15) is 35.3 Å². The Bertz CT molecular complexity index is 746. The van der Waals surface area contributed by atoms with Crippen molar-refractivity contribution in [1.29, 1.82) is 0 Å². The Balaban J connectivity index is 1.35. The molecule has 0 atom stereocenters. The number of carbonyl (C=O) groups excluding carboxylic acids is 1. The number of nitrogens with zero attached hydrogens (tertiary/aromatic N) is 2. The third kappa shape index (κ3) is 5.93. The monoisotopic (exact) mass is 405 g/mol. The van der Waals surface area contributed by atoms with Gasteiger partial charge in [0.1, 0.15) is 0 Å². The minimum Gasteiger partial charge on any atom is -0.339 e. The van der Waals surface area contributed by atoms with Crippen molar-refractivity contribution in [3.8, 4) is 0 Å². The Hall–Kier alpha value is -1.62. The van der Waals surface area contributed by atoms with Crippen molar-refractivity contribution in [1.82, 2.24) is 15.2 Å². The normalized spacial score (nSPS) is 15.1. The summed E-state index contributed by atoms with van der Waals surface area (Å²) in [6, 6.07) is 11.1.